The number of benzene rings is 2. The summed E-state index contributed by atoms with van der Waals surface area (Å²) < 4.78 is 10.8. The van der Waals surface area contributed by atoms with Crippen LogP contribution < -0.4 is 19.7 Å². The predicted molar refractivity (Wildman–Crippen MR) is 143 cm³/mol. The van der Waals surface area contributed by atoms with Crippen LogP contribution in [0.25, 0.3) is 0 Å². The Hall–Kier alpha value is -3.29. The highest BCUT2D eigenvalue weighted by molar-refractivity contribution is 6.31. The van der Waals surface area contributed by atoms with Gasteiger partial charge < -0.3 is 19.7 Å². The number of aromatic nitrogens is 1. The number of amides is 1. The number of ether oxygens (including phenoxy) is 2. The Labute approximate surface area is 218 Å². The van der Waals surface area contributed by atoms with Crippen LogP contribution in [0.5, 0.6) is 11.5 Å². The van der Waals surface area contributed by atoms with E-state index in [0.717, 1.165) is 67.6 Å². The Morgan fingerprint density at radius 3 is 2.64 bits per heavy atom. The summed E-state index contributed by atoms with van der Waals surface area (Å²) in [5.74, 6) is 2.31. The standard InChI is InChI=1S/C28H33ClN4O3/c1-20-23(6-4-7-24(20)29)28(34)31-18-21-10-11-30-27(17-21)33-13-5-12-32(14-15-33)19-22-8-9-25(35-2)26(16-22)36-3/h4,6-11,16-17H,5,12-15,18-19H2,1-3H3,(H,31,34). The Bertz CT molecular complexity index is 1200. The van der Waals surface area contributed by atoms with Crippen LogP contribution in [0.1, 0.15) is 33.5 Å². The van der Waals surface area contributed by atoms with E-state index in [9.17, 15) is 4.79 Å². The minimum absolute atomic E-state index is 0.131. The normalized spacial score (nSPS) is 14.3. The number of rotatable bonds is 8. The first kappa shape index (κ1) is 25.8. The van der Waals surface area contributed by atoms with Gasteiger partial charge in [0.2, 0.25) is 0 Å². The third-order valence-electron chi connectivity index (χ3n) is 6.54. The number of nitrogens with zero attached hydrogens (tertiary/aromatic N) is 3. The molecule has 0 unspecified atom stereocenters. The second-order valence-electron chi connectivity index (χ2n) is 8.92. The maximum atomic E-state index is 12.7. The highest BCUT2D eigenvalue weighted by Crippen LogP contribution is 2.28. The second kappa shape index (κ2) is 12.1. The zero-order valence-corrected chi connectivity index (χ0v) is 21.8. The van der Waals surface area contributed by atoms with Gasteiger partial charge in [0.15, 0.2) is 11.5 Å². The van der Waals surface area contributed by atoms with Gasteiger partial charge in [-0.1, -0.05) is 23.7 Å². The highest BCUT2D eigenvalue weighted by atomic mass is 35.5. The van der Waals surface area contributed by atoms with Crippen molar-refractivity contribution in [3.8, 4) is 11.5 Å². The average Bonchev–Trinajstić information content (AvgIpc) is 3.14. The van der Waals surface area contributed by atoms with Gasteiger partial charge in [0.1, 0.15) is 5.82 Å². The second-order valence-corrected chi connectivity index (χ2v) is 9.33. The molecule has 2 heterocycles. The van der Waals surface area contributed by atoms with Crippen molar-refractivity contribution < 1.29 is 14.3 Å². The number of hydrogen-bond donors (Lipinski definition) is 1. The quantitative estimate of drug-likeness (QED) is 0.475. The minimum Gasteiger partial charge on any atom is -0.493 e. The summed E-state index contributed by atoms with van der Waals surface area (Å²) in [5, 5.41) is 3.60. The molecule has 190 valence electrons. The van der Waals surface area contributed by atoms with Gasteiger partial charge in [0.25, 0.3) is 5.91 Å². The van der Waals surface area contributed by atoms with Crippen LogP contribution in [0.3, 0.4) is 0 Å². The monoisotopic (exact) mass is 508 g/mol. The van der Waals surface area contributed by atoms with Crippen LogP contribution in [-0.4, -0.2) is 56.2 Å². The summed E-state index contributed by atoms with van der Waals surface area (Å²) in [7, 11) is 3.31. The van der Waals surface area contributed by atoms with Crippen molar-refractivity contribution in [1.82, 2.24) is 15.2 Å². The zero-order valence-electron chi connectivity index (χ0n) is 21.1. The number of carbonyl (C=O) groups excluding carboxylic acids is 1. The number of pyridine rings is 1. The summed E-state index contributed by atoms with van der Waals surface area (Å²) in [4.78, 5) is 22.1. The topological polar surface area (TPSA) is 66.9 Å². The van der Waals surface area contributed by atoms with Crippen molar-refractivity contribution in [2.45, 2.75) is 26.4 Å². The van der Waals surface area contributed by atoms with Gasteiger partial charge in [0, 0.05) is 56.1 Å². The molecule has 7 nitrogen and oxygen atoms in total. The third-order valence-corrected chi connectivity index (χ3v) is 6.95. The molecule has 1 aliphatic rings. The van der Waals surface area contributed by atoms with Crippen molar-refractivity contribution in [2.24, 2.45) is 0 Å². The maximum absolute atomic E-state index is 12.7. The van der Waals surface area contributed by atoms with E-state index in [1.54, 1.807) is 32.4 Å². The van der Waals surface area contributed by atoms with E-state index in [1.165, 1.54) is 5.56 Å². The van der Waals surface area contributed by atoms with Gasteiger partial charge in [-0.2, -0.15) is 0 Å². The van der Waals surface area contributed by atoms with Crippen molar-refractivity contribution in [1.29, 1.82) is 0 Å². The molecule has 1 aromatic heterocycles. The summed E-state index contributed by atoms with van der Waals surface area (Å²) >= 11 is 6.17. The highest BCUT2D eigenvalue weighted by Gasteiger charge is 2.18. The van der Waals surface area contributed by atoms with Gasteiger partial charge >= 0.3 is 0 Å². The SMILES string of the molecule is COc1ccc(CN2CCCN(c3cc(CNC(=O)c4cccc(Cl)c4C)ccn3)CC2)cc1OC. The molecule has 0 atom stereocenters. The molecule has 0 spiro atoms. The molecule has 0 saturated carbocycles. The molecular formula is C28H33ClN4O3. The van der Waals surface area contributed by atoms with E-state index in [4.69, 9.17) is 21.1 Å². The fraction of sp³-hybridized carbons (Fsp3) is 0.357. The van der Waals surface area contributed by atoms with Crippen LogP contribution in [0.15, 0.2) is 54.7 Å². The lowest BCUT2D eigenvalue weighted by Crippen LogP contribution is -2.31. The number of halogens is 1. The van der Waals surface area contributed by atoms with E-state index in [-0.39, 0.29) is 5.91 Å². The summed E-state index contributed by atoms with van der Waals surface area (Å²) in [6, 6.07) is 15.5. The lowest BCUT2D eigenvalue weighted by atomic mass is 10.1. The fourth-order valence-corrected chi connectivity index (χ4v) is 4.64. The first-order chi connectivity index (χ1) is 17.5. The molecule has 1 N–H and O–H groups in total. The maximum Gasteiger partial charge on any atom is 0.251 e. The molecule has 0 bridgehead atoms. The number of nitrogens with one attached hydrogen (secondary N) is 1. The van der Waals surface area contributed by atoms with Crippen molar-refractivity contribution in [2.75, 3.05) is 45.3 Å². The molecule has 36 heavy (non-hydrogen) atoms. The van der Waals surface area contributed by atoms with Crippen LogP contribution in [0.4, 0.5) is 5.82 Å². The van der Waals surface area contributed by atoms with Gasteiger partial charge in [-0.05, 0) is 66.4 Å². The van der Waals surface area contributed by atoms with Crippen molar-refractivity contribution in [3.05, 3.63) is 82.0 Å². The van der Waals surface area contributed by atoms with Crippen LogP contribution in [0.2, 0.25) is 5.02 Å². The lowest BCUT2D eigenvalue weighted by Gasteiger charge is -2.23. The number of anilines is 1. The van der Waals surface area contributed by atoms with Gasteiger partial charge in [-0.3, -0.25) is 9.69 Å². The van der Waals surface area contributed by atoms with E-state index in [1.807, 2.05) is 31.3 Å². The minimum atomic E-state index is -0.131. The molecule has 2 aromatic carbocycles. The van der Waals surface area contributed by atoms with Crippen molar-refractivity contribution >= 4 is 23.3 Å². The molecule has 3 aromatic rings. The summed E-state index contributed by atoms with van der Waals surface area (Å²) in [6.07, 6.45) is 2.86. The molecule has 1 amide bonds. The average molecular weight is 509 g/mol. The van der Waals surface area contributed by atoms with Crippen LogP contribution >= 0.6 is 11.6 Å². The molecule has 0 aliphatic carbocycles. The Balaban J connectivity index is 1.35. The lowest BCUT2D eigenvalue weighted by molar-refractivity contribution is 0.0950. The first-order valence-electron chi connectivity index (χ1n) is 12.1. The van der Waals surface area contributed by atoms with E-state index >= 15 is 0 Å². The smallest absolute Gasteiger partial charge is 0.251 e. The molecule has 0 radical (unpaired) electrons. The Kier molecular flexibility index (Phi) is 8.67. The zero-order chi connectivity index (χ0) is 25.5. The molecule has 1 saturated heterocycles. The molecule has 1 aliphatic heterocycles. The van der Waals surface area contributed by atoms with E-state index in [0.29, 0.717) is 17.1 Å². The van der Waals surface area contributed by atoms with Gasteiger partial charge in [-0.15, -0.1) is 0 Å². The number of hydrogen-bond acceptors (Lipinski definition) is 6. The van der Waals surface area contributed by atoms with Crippen LogP contribution in [-0.2, 0) is 13.1 Å². The predicted octanol–water partition coefficient (Wildman–Crippen LogP) is 4.70. The Morgan fingerprint density at radius 1 is 1.00 bits per heavy atom. The number of methoxy groups -OCH3 is 2. The van der Waals surface area contributed by atoms with E-state index in [2.05, 4.69) is 32.2 Å². The van der Waals surface area contributed by atoms with Crippen molar-refractivity contribution in [3.63, 3.8) is 0 Å². The molecule has 8 heteroatoms. The summed E-state index contributed by atoms with van der Waals surface area (Å²) in [5.41, 5.74) is 3.60. The van der Waals surface area contributed by atoms with Gasteiger partial charge in [0.05, 0.1) is 14.2 Å². The molecule has 4 rings (SSSR count). The largest absolute Gasteiger partial charge is 0.493 e. The fourth-order valence-electron chi connectivity index (χ4n) is 4.47. The first-order valence-corrected chi connectivity index (χ1v) is 12.5. The van der Waals surface area contributed by atoms with E-state index < -0.39 is 0 Å². The third kappa shape index (κ3) is 6.28. The number of carbonyl (C=O) groups is 1. The molecule has 1 fully saturated rings. The Morgan fingerprint density at radius 2 is 1.83 bits per heavy atom. The van der Waals surface area contributed by atoms with Crippen LogP contribution in [0, 0.1) is 6.92 Å². The summed E-state index contributed by atoms with van der Waals surface area (Å²) in [6.45, 7) is 6.92. The van der Waals surface area contributed by atoms with Gasteiger partial charge in [-0.25, -0.2) is 4.98 Å². The molecular weight excluding hydrogens is 476 g/mol.